The van der Waals surface area contributed by atoms with E-state index in [4.69, 9.17) is 0 Å². The van der Waals surface area contributed by atoms with Crippen LogP contribution in [0.5, 0.6) is 0 Å². The van der Waals surface area contributed by atoms with Gasteiger partial charge in [-0.15, -0.1) is 0 Å². The maximum Gasteiger partial charge on any atom is 0.227 e. The number of pyridine rings is 3. The number of rotatable bonds is 5. The summed E-state index contributed by atoms with van der Waals surface area (Å²) in [5, 5.41) is 12.4. The highest BCUT2D eigenvalue weighted by atomic mass is 19.1. The van der Waals surface area contributed by atoms with Crippen LogP contribution in [0.15, 0.2) is 73.3 Å². The molecule has 0 radical (unpaired) electrons. The van der Waals surface area contributed by atoms with Crippen LogP contribution in [0.25, 0.3) is 55.7 Å². The molecular formula is C30H24FN7O. The van der Waals surface area contributed by atoms with Crippen LogP contribution in [0.3, 0.4) is 0 Å². The zero-order valence-electron chi connectivity index (χ0n) is 20.9. The van der Waals surface area contributed by atoms with Crippen molar-refractivity contribution in [1.29, 1.82) is 0 Å². The molecule has 1 saturated carbocycles. The number of anilines is 1. The predicted octanol–water partition coefficient (Wildman–Crippen LogP) is 6.50. The van der Waals surface area contributed by atoms with Crippen molar-refractivity contribution < 1.29 is 9.18 Å². The highest BCUT2D eigenvalue weighted by molar-refractivity contribution is 6.00. The van der Waals surface area contributed by atoms with Gasteiger partial charge in [-0.1, -0.05) is 25.0 Å². The normalized spacial score (nSPS) is 13.9. The summed E-state index contributed by atoms with van der Waals surface area (Å²) >= 11 is 0. The number of aromatic nitrogens is 6. The third kappa shape index (κ3) is 4.31. The molecule has 1 fully saturated rings. The monoisotopic (exact) mass is 517 g/mol. The van der Waals surface area contributed by atoms with E-state index in [9.17, 15) is 9.18 Å². The predicted molar refractivity (Wildman–Crippen MR) is 148 cm³/mol. The summed E-state index contributed by atoms with van der Waals surface area (Å²) in [6.07, 6.45) is 10.9. The number of halogens is 1. The molecule has 1 aliphatic rings. The summed E-state index contributed by atoms with van der Waals surface area (Å²) in [5.41, 5.74) is 6.78. The molecule has 9 heteroatoms. The lowest BCUT2D eigenvalue weighted by atomic mass is 10.0. The lowest BCUT2D eigenvalue weighted by Crippen LogP contribution is -2.20. The zero-order chi connectivity index (χ0) is 26.3. The topological polar surface area (TPSA) is 112 Å². The molecule has 5 heterocycles. The quantitative estimate of drug-likeness (QED) is 0.242. The summed E-state index contributed by atoms with van der Waals surface area (Å²) in [6.45, 7) is 0. The molecule has 1 aromatic carbocycles. The van der Waals surface area contributed by atoms with Crippen LogP contribution in [0.2, 0.25) is 0 Å². The molecule has 0 unspecified atom stereocenters. The summed E-state index contributed by atoms with van der Waals surface area (Å²) < 4.78 is 13.9. The smallest absolute Gasteiger partial charge is 0.227 e. The highest BCUT2D eigenvalue weighted by Gasteiger charge is 2.23. The molecule has 192 valence electrons. The second-order valence-electron chi connectivity index (χ2n) is 9.93. The summed E-state index contributed by atoms with van der Waals surface area (Å²) in [5.74, 6) is -0.163. The molecule has 39 heavy (non-hydrogen) atoms. The van der Waals surface area contributed by atoms with Crippen LogP contribution >= 0.6 is 0 Å². The molecule has 1 aliphatic carbocycles. The number of nitrogens with zero attached hydrogens (tertiary/aromatic N) is 4. The Morgan fingerprint density at radius 1 is 0.949 bits per heavy atom. The van der Waals surface area contributed by atoms with E-state index in [1.165, 1.54) is 12.1 Å². The first-order valence-corrected chi connectivity index (χ1v) is 13.0. The van der Waals surface area contributed by atoms with Gasteiger partial charge in [0.25, 0.3) is 0 Å². The fourth-order valence-corrected chi connectivity index (χ4v) is 5.42. The maximum atomic E-state index is 13.9. The number of H-pyrrole nitrogens is 2. The first kappa shape index (κ1) is 23.2. The third-order valence-electron chi connectivity index (χ3n) is 7.40. The van der Waals surface area contributed by atoms with E-state index in [-0.39, 0.29) is 17.6 Å². The van der Waals surface area contributed by atoms with Crippen molar-refractivity contribution in [3.05, 3.63) is 79.1 Å². The first-order valence-electron chi connectivity index (χ1n) is 13.0. The molecule has 1 amide bonds. The van der Waals surface area contributed by atoms with E-state index in [1.54, 1.807) is 30.9 Å². The van der Waals surface area contributed by atoms with E-state index in [0.717, 1.165) is 70.1 Å². The van der Waals surface area contributed by atoms with Gasteiger partial charge in [-0.25, -0.2) is 9.37 Å². The number of aromatic amines is 2. The molecule has 0 saturated heterocycles. The zero-order valence-corrected chi connectivity index (χ0v) is 20.9. The van der Waals surface area contributed by atoms with Crippen LogP contribution in [0, 0.1) is 11.7 Å². The van der Waals surface area contributed by atoms with Gasteiger partial charge in [-0.05, 0) is 60.4 Å². The second-order valence-corrected chi connectivity index (χ2v) is 9.93. The maximum absolute atomic E-state index is 13.9. The first-order chi connectivity index (χ1) is 19.1. The fourth-order valence-electron chi connectivity index (χ4n) is 5.42. The molecular weight excluding hydrogens is 493 g/mol. The molecule has 3 N–H and O–H groups in total. The molecule has 0 spiro atoms. The minimum absolute atomic E-state index is 0.0528. The van der Waals surface area contributed by atoms with Gasteiger partial charge in [-0.3, -0.25) is 19.9 Å². The van der Waals surface area contributed by atoms with Crippen LogP contribution in [-0.2, 0) is 4.79 Å². The molecule has 5 aromatic heterocycles. The van der Waals surface area contributed by atoms with E-state index in [2.05, 4.69) is 35.5 Å². The van der Waals surface area contributed by atoms with Gasteiger partial charge in [0.1, 0.15) is 17.2 Å². The van der Waals surface area contributed by atoms with Crippen molar-refractivity contribution in [2.75, 3.05) is 5.32 Å². The van der Waals surface area contributed by atoms with Gasteiger partial charge in [0.2, 0.25) is 5.91 Å². The van der Waals surface area contributed by atoms with Crippen molar-refractivity contribution in [2.24, 2.45) is 5.92 Å². The Hall–Kier alpha value is -4.92. The van der Waals surface area contributed by atoms with Crippen LogP contribution in [0.1, 0.15) is 25.7 Å². The highest BCUT2D eigenvalue weighted by Crippen LogP contribution is 2.34. The van der Waals surface area contributed by atoms with Gasteiger partial charge in [0.15, 0.2) is 0 Å². The Balaban J connectivity index is 1.25. The molecule has 0 bridgehead atoms. The Morgan fingerprint density at radius 3 is 2.72 bits per heavy atom. The molecule has 0 atom stereocenters. The SMILES string of the molecule is O=C(Nc1cncc(-c2cc3c(-c4cc5c(-c6cccc(F)c6)ccnc5[nH]4)n[nH]c3cn2)c1)C1CCCC1. The minimum Gasteiger partial charge on any atom is -0.338 e. The Bertz CT molecular complexity index is 1850. The summed E-state index contributed by atoms with van der Waals surface area (Å²) in [4.78, 5) is 29.4. The van der Waals surface area contributed by atoms with E-state index >= 15 is 0 Å². The number of carbonyl (C=O) groups is 1. The number of fused-ring (bicyclic) bond motifs is 2. The Kier molecular flexibility index (Phi) is 5.61. The standard InChI is InChI=1S/C30H24FN7O/c31-20-7-3-6-18(10-20)22-8-9-33-29-23(22)12-26(36-29)28-24-13-25(34-16-27(24)37-38-28)19-11-21(15-32-14-19)35-30(39)17-4-1-2-5-17/h3,6-17H,1-2,4-5H2,(H,33,36)(H,35,39)(H,37,38). The van der Waals surface area contributed by atoms with Crippen LogP contribution in [0.4, 0.5) is 10.1 Å². The number of carbonyl (C=O) groups excluding carboxylic acids is 1. The average Bonchev–Trinajstić information content (AvgIpc) is 3.72. The largest absolute Gasteiger partial charge is 0.338 e. The van der Waals surface area contributed by atoms with E-state index < -0.39 is 0 Å². The number of hydrogen-bond acceptors (Lipinski definition) is 5. The van der Waals surface area contributed by atoms with Crippen molar-refractivity contribution in [1.82, 2.24) is 30.1 Å². The van der Waals surface area contributed by atoms with Gasteiger partial charge in [0, 0.05) is 34.6 Å². The molecule has 8 nitrogen and oxygen atoms in total. The van der Waals surface area contributed by atoms with Gasteiger partial charge >= 0.3 is 0 Å². The number of benzene rings is 1. The van der Waals surface area contributed by atoms with E-state index in [0.29, 0.717) is 17.0 Å². The Labute approximate surface area is 222 Å². The van der Waals surface area contributed by atoms with Crippen molar-refractivity contribution in [2.45, 2.75) is 25.7 Å². The van der Waals surface area contributed by atoms with Gasteiger partial charge in [0.05, 0.1) is 35.0 Å². The van der Waals surface area contributed by atoms with Crippen molar-refractivity contribution in [3.8, 4) is 33.8 Å². The third-order valence-corrected chi connectivity index (χ3v) is 7.40. The number of amides is 1. The molecule has 7 rings (SSSR count). The van der Waals surface area contributed by atoms with Gasteiger partial charge < -0.3 is 10.3 Å². The van der Waals surface area contributed by atoms with Gasteiger partial charge in [-0.2, -0.15) is 5.10 Å². The molecule has 6 aromatic rings. The van der Waals surface area contributed by atoms with Crippen molar-refractivity contribution in [3.63, 3.8) is 0 Å². The van der Waals surface area contributed by atoms with Crippen molar-refractivity contribution >= 4 is 33.5 Å². The summed E-state index contributed by atoms with van der Waals surface area (Å²) in [6, 6.07) is 14.2. The number of nitrogens with one attached hydrogen (secondary N) is 3. The van der Waals surface area contributed by atoms with Crippen LogP contribution in [-0.4, -0.2) is 36.0 Å². The number of hydrogen-bond donors (Lipinski definition) is 3. The lowest BCUT2D eigenvalue weighted by Gasteiger charge is -2.11. The molecule has 0 aliphatic heterocycles. The summed E-state index contributed by atoms with van der Waals surface area (Å²) in [7, 11) is 0. The lowest BCUT2D eigenvalue weighted by molar-refractivity contribution is -0.119. The second kappa shape index (κ2) is 9.43. The fraction of sp³-hybridized carbons (Fsp3) is 0.167. The Morgan fingerprint density at radius 2 is 1.85 bits per heavy atom. The average molecular weight is 518 g/mol. The van der Waals surface area contributed by atoms with Crippen LogP contribution < -0.4 is 5.32 Å². The van der Waals surface area contributed by atoms with E-state index in [1.807, 2.05) is 30.3 Å². The minimum atomic E-state index is -0.289.